The molecule has 1 aliphatic rings. The number of nitrogens with one attached hydrogen (secondary N) is 1. The van der Waals surface area contributed by atoms with Crippen LogP contribution in [0.15, 0.2) is 47.3 Å². The lowest BCUT2D eigenvalue weighted by molar-refractivity contribution is 0.0493. The fraction of sp³-hybridized carbons (Fsp3) is 0.333. The maximum atomic E-state index is 13.7. The van der Waals surface area contributed by atoms with E-state index < -0.39 is 29.2 Å². The molecular weight excluding hydrogens is 444 g/mol. The molecule has 1 aromatic heterocycles. The van der Waals surface area contributed by atoms with Gasteiger partial charge in [0.05, 0.1) is 27.7 Å². The molecule has 3 aromatic rings. The number of hydrogen-bond donors (Lipinski definition) is 2. The smallest absolute Gasteiger partial charge is 0.408 e. The standard InChI is InChI=1S/C24H25ClN4O4/c1-24(2,3)33-23(32)28-19(13-10-11-13)21-27-17-9-5-8-16(25)18(17)22(31)29(21)15-7-4-6-14(12-15)20(26)30/h4-9,12-13,19H,10-11H2,1-3H3,(H2,26,30)(H,28,32)/t19-/m0/s1. The van der Waals surface area contributed by atoms with Gasteiger partial charge < -0.3 is 15.8 Å². The lowest BCUT2D eigenvalue weighted by Crippen LogP contribution is -2.39. The second kappa shape index (κ2) is 8.51. The van der Waals surface area contributed by atoms with Gasteiger partial charge in [0.2, 0.25) is 5.91 Å². The predicted molar refractivity (Wildman–Crippen MR) is 126 cm³/mol. The van der Waals surface area contributed by atoms with Crippen molar-refractivity contribution < 1.29 is 14.3 Å². The van der Waals surface area contributed by atoms with Gasteiger partial charge in [0.1, 0.15) is 11.4 Å². The number of carbonyl (C=O) groups is 2. The molecule has 33 heavy (non-hydrogen) atoms. The van der Waals surface area contributed by atoms with Gasteiger partial charge in [0.25, 0.3) is 5.56 Å². The van der Waals surface area contributed by atoms with Crippen LogP contribution in [0.2, 0.25) is 5.02 Å². The van der Waals surface area contributed by atoms with Crippen molar-refractivity contribution in [3.63, 3.8) is 0 Å². The lowest BCUT2D eigenvalue weighted by atomic mass is 10.1. The third kappa shape index (κ3) is 4.85. The Balaban J connectivity index is 1.94. The van der Waals surface area contributed by atoms with E-state index in [1.807, 2.05) is 0 Å². The Kier molecular flexibility index (Phi) is 5.88. The third-order valence-electron chi connectivity index (χ3n) is 5.31. The van der Waals surface area contributed by atoms with Crippen molar-refractivity contribution in [2.45, 2.75) is 45.3 Å². The highest BCUT2D eigenvalue weighted by Crippen LogP contribution is 2.41. The number of rotatable bonds is 5. The van der Waals surface area contributed by atoms with E-state index in [2.05, 4.69) is 5.32 Å². The maximum Gasteiger partial charge on any atom is 0.408 e. The van der Waals surface area contributed by atoms with Crippen LogP contribution in [-0.4, -0.2) is 27.2 Å². The van der Waals surface area contributed by atoms with Crippen molar-refractivity contribution in [1.82, 2.24) is 14.9 Å². The van der Waals surface area contributed by atoms with Crippen LogP contribution in [-0.2, 0) is 4.74 Å². The first-order chi connectivity index (χ1) is 15.5. The van der Waals surface area contributed by atoms with Crippen LogP contribution in [0, 0.1) is 5.92 Å². The van der Waals surface area contributed by atoms with Crippen LogP contribution in [0.4, 0.5) is 4.79 Å². The summed E-state index contributed by atoms with van der Waals surface area (Å²) in [6.07, 6.45) is 1.13. The molecule has 0 radical (unpaired) electrons. The number of fused-ring (bicyclic) bond motifs is 1. The van der Waals surface area contributed by atoms with E-state index in [4.69, 9.17) is 27.1 Å². The third-order valence-corrected chi connectivity index (χ3v) is 5.62. The van der Waals surface area contributed by atoms with Gasteiger partial charge in [-0.3, -0.25) is 14.2 Å². The second-order valence-electron chi connectivity index (χ2n) is 9.12. The van der Waals surface area contributed by atoms with Crippen molar-refractivity contribution in [2.24, 2.45) is 11.7 Å². The van der Waals surface area contributed by atoms with Crippen LogP contribution in [0.1, 0.15) is 55.8 Å². The Morgan fingerprint density at radius 2 is 1.91 bits per heavy atom. The summed E-state index contributed by atoms with van der Waals surface area (Å²) in [6, 6.07) is 10.9. The molecule has 1 fully saturated rings. The van der Waals surface area contributed by atoms with Crippen LogP contribution >= 0.6 is 11.6 Å². The summed E-state index contributed by atoms with van der Waals surface area (Å²) >= 11 is 6.35. The number of primary amides is 1. The quantitative estimate of drug-likeness (QED) is 0.584. The van der Waals surface area contributed by atoms with E-state index in [-0.39, 0.29) is 21.9 Å². The first kappa shape index (κ1) is 22.8. The molecule has 1 heterocycles. The molecule has 0 spiro atoms. The molecule has 9 heteroatoms. The Labute approximate surface area is 195 Å². The van der Waals surface area contributed by atoms with Gasteiger partial charge in [-0.15, -0.1) is 0 Å². The van der Waals surface area contributed by atoms with E-state index in [9.17, 15) is 14.4 Å². The molecule has 1 saturated carbocycles. The lowest BCUT2D eigenvalue weighted by Gasteiger charge is -2.25. The summed E-state index contributed by atoms with van der Waals surface area (Å²) in [5.74, 6) is -0.194. The number of carbonyl (C=O) groups excluding carboxylic acids is 2. The number of halogens is 1. The van der Waals surface area contributed by atoms with Crippen molar-refractivity contribution in [3.05, 3.63) is 69.2 Å². The average molecular weight is 469 g/mol. The largest absolute Gasteiger partial charge is 0.444 e. The summed E-state index contributed by atoms with van der Waals surface area (Å²) < 4.78 is 6.84. The zero-order chi connectivity index (χ0) is 23.9. The number of ether oxygens (including phenoxy) is 1. The van der Waals surface area contributed by atoms with E-state index in [1.165, 1.54) is 10.6 Å². The fourth-order valence-electron chi connectivity index (χ4n) is 3.72. The number of nitrogens with zero attached hydrogens (tertiary/aromatic N) is 2. The first-order valence-corrected chi connectivity index (χ1v) is 11.0. The van der Waals surface area contributed by atoms with Crippen molar-refractivity contribution in [3.8, 4) is 5.69 Å². The molecule has 1 aliphatic carbocycles. The van der Waals surface area contributed by atoms with Gasteiger partial charge in [0.15, 0.2) is 0 Å². The van der Waals surface area contributed by atoms with E-state index in [0.29, 0.717) is 17.0 Å². The molecule has 2 amide bonds. The summed E-state index contributed by atoms with van der Waals surface area (Å²) in [7, 11) is 0. The summed E-state index contributed by atoms with van der Waals surface area (Å²) in [5.41, 5.74) is 5.43. The normalized spacial score (nSPS) is 14.7. The van der Waals surface area contributed by atoms with E-state index in [1.54, 1.807) is 57.2 Å². The van der Waals surface area contributed by atoms with Crippen LogP contribution < -0.4 is 16.6 Å². The molecular formula is C24H25ClN4O4. The number of aromatic nitrogens is 2. The molecule has 8 nitrogen and oxygen atoms in total. The Morgan fingerprint density at radius 1 is 1.21 bits per heavy atom. The molecule has 0 unspecified atom stereocenters. The van der Waals surface area contributed by atoms with Crippen molar-refractivity contribution in [2.75, 3.05) is 0 Å². The minimum atomic E-state index is -0.683. The molecule has 2 aromatic carbocycles. The minimum Gasteiger partial charge on any atom is -0.444 e. The predicted octanol–water partition coefficient (Wildman–Crippen LogP) is 4.11. The number of hydrogen-bond acceptors (Lipinski definition) is 5. The zero-order valence-corrected chi connectivity index (χ0v) is 19.3. The summed E-state index contributed by atoms with van der Waals surface area (Å²) in [6.45, 7) is 5.33. The molecule has 172 valence electrons. The van der Waals surface area contributed by atoms with Crippen LogP contribution in [0.5, 0.6) is 0 Å². The molecule has 3 N–H and O–H groups in total. The fourth-order valence-corrected chi connectivity index (χ4v) is 3.97. The number of nitrogens with two attached hydrogens (primary N) is 1. The SMILES string of the molecule is CC(C)(C)OC(=O)N[C@H](c1nc2cccc(Cl)c2c(=O)n1-c1cccc(C(N)=O)c1)C1CC1. The zero-order valence-electron chi connectivity index (χ0n) is 18.6. The maximum absolute atomic E-state index is 13.7. The number of benzene rings is 2. The Bertz CT molecular complexity index is 1310. The van der Waals surface area contributed by atoms with Crippen molar-refractivity contribution >= 4 is 34.5 Å². The first-order valence-electron chi connectivity index (χ1n) is 10.7. The highest BCUT2D eigenvalue weighted by atomic mass is 35.5. The van der Waals surface area contributed by atoms with Crippen LogP contribution in [0.25, 0.3) is 16.6 Å². The van der Waals surface area contributed by atoms with E-state index >= 15 is 0 Å². The number of amides is 2. The molecule has 4 rings (SSSR count). The summed E-state index contributed by atoms with van der Waals surface area (Å²) in [4.78, 5) is 42.9. The van der Waals surface area contributed by atoms with Crippen molar-refractivity contribution in [1.29, 1.82) is 0 Å². The van der Waals surface area contributed by atoms with E-state index in [0.717, 1.165) is 12.8 Å². The van der Waals surface area contributed by atoms with Gasteiger partial charge in [0, 0.05) is 5.56 Å². The van der Waals surface area contributed by atoms with Gasteiger partial charge in [-0.2, -0.15) is 0 Å². The average Bonchev–Trinajstić information content (AvgIpc) is 3.56. The van der Waals surface area contributed by atoms with Gasteiger partial charge in [-0.25, -0.2) is 9.78 Å². The molecule has 1 atom stereocenters. The topological polar surface area (TPSA) is 116 Å². The van der Waals surface area contributed by atoms with Gasteiger partial charge in [-0.05, 0) is 69.9 Å². The minimum absolute atomic E-state index is 0.0895. The van der Waals surface area contributed by atoms with Crippen LogP contribution in [0.3, 0.4) is 0 Å². The second-order valence-corrected chi connectivity index (χ2v) is 9.53. The Morgan fingerprint density at radius 3 is 2.55 bits per heavy atom. The Hall–Kier alpha value is -3.39. The highest BCUT2D eigenvalue weighted by molar-refractivity contribution is 6.35. The molecule has 0 bridgehead atoms. The highest BCUT2D eigenvalue weighted by Gasteiger charge is 2.38. The summed E-state index contributed by atoms with van der Waals surface area (Å²) in [5, 5.41) is 3.41. The monoisotopic (exact) mass is 468 g/mol. The van der Waals surface area contributed by atoms with Gasteiger partial charge in [-0.1, -0.05) is 23.7 Å². The molecule has 0 aliphatic heterocycles. The number of alkyl carbamates (subject to hydrolysis) is 1. The molecule has 0 saturated heterocycles. The van der Waals surface area contributed by atoms with Gasteiger partial charge >= 0.3 is 6.09 Å².